The second-order valence-electron chi connectivity index (χ2n) is 5.82. The molecule has 2 heterocycles. The molecule has 0 aromatic carbocycles. The van der Waals surface area contributed by atoms with Crippen molar-refractivity contribution in [3.63, 3.8) is 0 Å². The lowest BCUT2D eigenvalue weighted by atomic mass is 10.1. The zero-order valence-corrected chi connectivity index (χ0v) is 12.1. The van der Waals surface area contributed by atoms with E-state index in [9.17, 15) is 0 Å². The molecule has 1 saturated heterocycles. The molecule has 3 rings (SSSR count). The van der Waals surface area contributed by atoms with Crippen molar-refractivity contribution < 1.29 is 0 Å². The predicted octanol–water partition coefficient (Wildman–Crippen LogP) is 3.23. The second-order valence-corrected chi connectivity index (χ2v) is 7.07. The lowest BCUT2D eigenvalue weighted by Crippen LogP contribution is -2.19. The van der Waals surface area contributed by atoms with E-state index in [1.807, 2.05) is 11.3 Å². The fourth-order valence-corrected chi connectivity index (χ4v) is 3.76. The van der Waals surface area contributed by atoms with Gasteiger partial charge in [0, 0.05) is 35.4 Å². The first-order chi connectivity index (χ1) is 8.83. The molecule has 1 unspecified atom stereocenters. The highest BCUT2D eigenvalue weighted by Crippen LogP contribution is 2.25. The number of hydrogen-bond donors (Lipinski definition) is 1. The summed E-state index contributed by atoms with van der Waals surface area (Å²) in [4.78, 5) is 5.67. The summed E-state index contributed by atoms with van der Waals surface area (Å²) in [5.74, 6) is 0.945. The standard InChI is InChI=1S/C15H24N2S/c1-2-12-7-8-17(10-12)11-15-6-5-14(18-15)9-16-13-3-4-13/h5-6,12-13,16H,2-4,7-11H2,1H3. The Morgan fingerprint density at radius 3 is 2.83 bits per heavy atom. The van der Waals surface area contributed by atoms with Crippen LogP contribution >= 0.6 is 11.3 Å². The maximum atomic E-state index is 3.59. The first-order valence-electron chi connectivity index (χ1n) is 7.37. The van der Waals surface area contributed by atoms with E-state index >= 15 is 0 Å². The quantitative estimate of drug-likeness (QED) is 0.848. The average molecular weight is 264 g/mol. The van der Waals surface area contributed by atoms with Crippen LogP contribution in [0.15, 0.2) is 12.1 Å². The molecular formula is C15H24N2S. The Balaban J connectivity index is 1.47. The lowest BCUT2D eigenvalue weighted by molar-refractivity contribution is 0.318. The van der Waals surface area contributed by atoms with E-state index in [-0.39, 0.29) is 0 Å². The van der Waals surface area contributed by atoms with E-state index in [4.69, 9.17) is 0 Å². The molecule has 1 aromatic rings. The normalized spacial score (nSPS) is 24.8. The van der Waals surface area contributed by atoms with Crippen LogP contribution in [0.1, 0.15) is 42.4 Å². The Morgan fingerprint density at radius 1 is 1.28 bits per heavy atom. The van der Waals surface area contributed by atoms with Gasteiger partial charge in [-0.1, -0.05) is 13.3 Å². The molecule has 3 heteroatoms. The zero-order chi connectivity index (χ0) is 12.4. The third-order valence-electron chi connectivity index (χ3n) is 4.19. The summed E-state index contributed by atoms with van der Waals surface area (Å²) in [6.45, 7) is 7.18. The minimum Gasteiger partial charge on any atom is -0.309 e. The van der Waals surface area contributed by atoms with Crippen molar-refractivity contribution >= 4 is 11.3 Å². The van der Waals surface area contributed by atoms with Crippen molar-refractivity contribution in [2.24, 2.45) is 5.92 Å². The molecule has 2 aliphatic rings. The van der Waals surface area contributed by atoms with Gasteiger partial charge in [0.25, 0.3) is 0 Å². The maximum absolute atomic E-state index is 3.59. The molecule has 0 radical (unpaired) electrons. The summed E-state index contributed by atoms with van der Waals surface area (Å²) in [6.07, 6.45) is 5.50. The highest BCUT2D eigenvalue weighted by Gasteiger charge is 2.22. The van der Waals surface area contributed by atoms with E-state index in [2.05, 4.69) is 29.3 Å². The fraction of sp³-hybridized carbons (Fsp3) is 0.733. The van der Waals surface area contributed by atoms with E-state index < -0.39 is 0 Å². The molecule has 1 atom stereocenters. The minimum absolute atomic E-state index is 0.819. The second kappa shape index (κ2) is 5.72. The molecule has 0 bridgehead atoms. The number of likely N-dealkylation sites (tertiary alicyclic amines) is 1. The van der Waals surface area contributed by atoms with Gasteiger partial charge in [0.1, 0.15) is 0 Å². The van der Waals surface area contributed by atoms with Crippen molar-refractivity contribution in [1.29, 1.82) is 0 Å². The number of nitrogens with one attached hydrogen (secondary N) is 1. The number of hydrogen-bond acceptors (Lipinski definition) is 3. The van der Waals surface area contributed by atoms with Crippen LogP contribution in [0.5, 0.6) is 0 Å². The van der Waals surface area contributed by atoms with Crippen LogP contribution in [0.25, 0.3) is 0 Å². The summed E-state index contributed by atoms with van der Waals surface area (Å²) in [7, 11) is 0. The van der Waals surface area contributed by atoms with Crippen molar-refractivity contribution in [2.45, 2.75) is 51.7 Å². The van der Waals surface area contributed by atoms with E-state index in [1.165, 1.54) is 50.2 Å². The Hall–Kier alpha value is -0.380. The van der Waals surface area contributed by atoms with Crippen LogP contribution in [-0.4, -0.2) is 24.0 Å². The van der Waals surface area contributed by atoms with Crippen LogP contribution in [0, 0.1) is 5.92 Å². The van der Waals surface area contributed by atoms with Crippen LogP contribution in [-0.2, 0) is 13.1 Å². The first-order valence-corrected chi connectivity index (χ1v) is 8.18. The topological polar surface area (TPSA) is 15.3 Å². The number of thiophene rings is 1. The van der Waals surface area contributed by atoms with E-state index in [1.54, 1.807) is 4.88 Å². The van der Waals surface area contributed by atoms with Crippen LogP contribution in [0.3, 0.4) is 0 Å². The minimum atomic E-state index is 0.819. The monoisotopic (exact) mass is 264 g/mol. The van der Waals surface area contributed by atoms with Gasteiger partial charge in [-0.2, -0.15) is 0 Å². The van der Waals surface area contributed by atoms with E-state index in [0.717, 1.165) is 18.5 Å². The Morgan fingerprint density at radius 2 is 2.11 bits per heavy atom. The summed E-state index contributed by atoms with van der Waals surface area (Å²) in [5, 5.41) is 3.59. The molecule has 2 nitrogen and oxygen atoms in total. The van der Waals surface area contributed by atoms with Gasteiger partial charge in [0.2, 0.25) is 0 Å². The maximum Gasteiger partial charge on any atom is 0.0328 e. The van der Waals surface area contributed by atoms with Crippen molar-refractivity contribution in [3.05, 3.63) is 21.9 Å². The predicted molar refractivity (Wildman–Crippen MR) is 77.9 cm³/mol. The Bertz CT molecular complexity index is 384. The van der Waals surface area contributed by atoms with Crippen molar-refractivity contribution in [3.8, 4) is 0 Å². The summed E-state index contributed by atoms with van der Waals surface area (Å²) in [5.41, 5.74) is 0. The Labute approximate surface area is 114 Å². The van der Waals surface area contributed by atoms with Crippen LogP contribution in [0.4, 0.5) is 0 Å². The SMILES string of the molecule is CCC1CCN(Cc2ccc(CNC3CC3)s2)C1. The van der Waals surface area contributed by atoms with Gasteiger partial charge < -0.3 is 5.32 Å². The third-order valence-corrected chi connectivity index (χ3v) is 5.26. The number of nitrogens with zero attached hydrogens (tertiary/aromatic N) is 1. The molecule has 0 spiro atoms. The first kappa shape index (κ1) is 12.6. The molecule has 1 aliphatic heterocycles. The number of rotatable bonds is 6. The van der Waals surface area contributed by atoms with Crippen molar-refractivity contribution in [1.82, 2.24) is 10.2 Å². The summed E-state index contributed by atoms with van der Waals surface area (Å²) in [6, 6.07) is 5.45. The van der Waals surface area contributed by atoms with Gasteiger partial charge in [0.15, 0.2) is 0 Å². The van der Waals surface area contributed by atoms with Gasteiger partial charge in [-0.25, -0.2) is 0 Å². The molecule has 0 amide bonds. The molecule has 1 aliphatic carbocycles. The van der Waals surface area contributed by atoms with Crippen LogP contribution < -0.4 is 5.32 Å². The third kappa shape index (κ3) is 3.34. The molecule has 18 heavy (non-hydrogen) atoms. The molecular weight excluding hydrogens is 240 g/mol. The lowest BCUT2D eigenvalue weighted by Gasteiger charge is -2.14. The average Bonchev–Trinajstić information content (AvgIpc) is 2.93. The van der Waals surface area contributed by atoms with Gasteiger partial charge in [-0.05, 0) is 43.9 Å². The zero-order valence-electron chi connectivity index (χ0n) is 11.3. The Kier molecular flexibility index (Phi) is 4.02. The summed E-state index contributed by atoms with van der Waals surface area (Å²) >= 11 is 1.99. The van der Waals surface area contributed by atoms with Crippen LogP contribution in [0.2, 0.25) is 0 Å². The summed E-state index contributed by atoms with van der Waals surface area (Å²) < 4.78 is 0. The highest BCUT2D eigenvalue weighted by atomic mass is 32.1. The smallest absolute Gasteiger partial charge is 0.0328 e. The fourth-order valence-electron chi connectivity index (χ4n) is 2.74. The molecule has 1 aromatic heterocycles. The van der Waals surface area contributed by atoms with Gasteiger partial charge in [-0.15, -0.1) is 11.3 Å². The molecule has 100 valence electrons. The highest BCUT2D eigenvalue weighted by molar-refractivity contribution is 7.11. The largest absolute Gasteiger partial charge is 0.309 e. The molecule has 1 saturated carbocycles. The molecule has 1 N–H and O–H groups in total. The van der Waals surface area contributed by atoms with E-state index in [0.29, 0.717) is 0 Å². The molecule has 2 fully saturated rings. The van der Waals surface area contributed by atoms with Gasteiger partial charge >= 0.3 is 0 Å². The van der Waals surface area contributed by atoms with Gasteiger partial charge in [0.05, 0.1) is 0 Å². The van der Waals surface area contributed by atoms with Gasteiger partial charge in [-0.3, -0.25) is 4.90 Å². The van der Waals surface area contributed by atoms with Crippen molar-refractivity contribution in [2.75, 3.05) is 13.1 Å².